The molecule has 154 valence electrons. The fourth-order valence-electron chi connectivity index (χ4n) is 3.30. The van der Waals surface area contributed by atoms with Crippen molar-refractivity contribution >= 4 is 11.9 Å². The summed E-state index contributed by atoms with van der Waals surface area (Å²) in [4.78, 5) is 23.7. The van der Waals surface area contributed by atoms with Crippen molar-refractivity contribution in [2.75, 3.05) is 19.8 Å². The Morgan fingerprint density at radius 2 is 1.59 bits per heavy atom. The van der Waals surface area contributed by atoms with Crippen LogP contribution in [0.1, 0.15) is 24.8 Å². The number of aliphatic carboxylic acids is 1. The number of carbonyl (C=O) groups is 2. The zero-order valence-electron chi connectivity index (χ0n) is 16.1. The van der Waals surface area contributed by atoms with E-state index in [0.29, 0.717) is 44.2 Å². The van der Waals surface area contributed by atoms with Gasteiger partial charge in [0.05, 0.1) is 12.0 Å². The van der Waals surface area contributed by atoms with Crippen LogP contribution in [0.2, 0.25) is 0 Å². The Labute approximate surface area is 169 Å². The zero-order valence-corrected chi connectivity index (χ0v) is 16.1. The monoisotopic (exact) mass is 399 g/mol. The maximum absolute atomic E-state index is 12.5. The van der Waals surface area contributed by atoms with Gasteiger partial charge in [0, 0.05) is 13.2 Å². The first kappa shape index (κ1) is 20.7. The molecule has 1 saturated heterocycles. The number of hydrogen-bond donors (Lipinski definition) is 2. The molecular weight excluding hydrogens is 374 g/mol. The minimum absolute atomic E-state index is 0.140. The van der Waals surface area contributed by atoms with E-state index in [2.05, 4.69) is 5.32 Å². The normalized spacial score (nSPS) is 15.3. The van der Waals surface area contributed by atoms with E-state index in [1.807, 2.05) is 36.4 Å². The van der Waals surface area contributed by atoms with Gasteiger partial charge in [-0.25, -0.2) is 0 Å². The van der Waals surface area contributed by atoms with E-state index in [1.165, 1.54) is 0 Å². The lowest BCUT2D eigenvalue weighted by Crippen LogP contribution is -2.54. The molecule has 1 aliphatic heterocycles. The van der Waals surface area contributed by atoms with Crippen LogP contribution in [0.5, 0.6) is 11.5 Å². The van der Waals surface area contributed by atoms with Crippen molar-refractivity contribution in [3.05, 3.63) is 60.2 Å². The molecule has 1 amide bonds. The van der Waals surface area contributed by atoms with Crippen LogP contribution in [0.15, 0.2) is 54.6 Å². The second-order valence-corrected chi connectivity index (χ2v) is 7.02. The lowest BCUT2D eigenvalue weighted by Gasteiger charge is -2.36. The van der Waals surface area contributed by atoms with Gasteiger partial charge in [0.2, 0.25) is 0 Å². The third-order valence-corrected chi connectivity index (χ3v) is 4.79. The molecule has 2 aromatic rings. The zero-order chi connectivity index (χ0) is 20.5. The summed E-state index contributed by atoms with van der Waals surface area (Å²) in [6.07, 6.45) is 0.780. The summed E-state index contributed by atoms with van der Waals surface area (Å²) in [7, 11) is 0. The van der Waals surface area contributed by atoms with E-state index in [4.69, 9.17) is 14.2 Å². The highest BCUT2D eigenvalue weighted by molar-refractivity contribution is 5.79. The summed E-state index contributed by atoms with van der Waals surface area (Å²) in [6, 6.07) is 16.9. The highest BCUT2D eigenvalue weighted by atomic mass is 16.5. The molecule has 0 spiro atoms. The van der Waals surface area contributed by atoms with Crippen LogP contribution >= 0.6 is 0 Å². The molecular formula is C22H25NO6. The van der Waals surface area contributed by atoms with Crippen molar-refractivity contribution in [1.29, 1.82) is 0 Å². The average Bonchev–Trinajstić information content (AvgIpc) is 2.72. The molecule has 1 aliphatic rings. The molecule has 1 fully saturated rings. The third kappa shape index (κ3) is 6.22. The first-order chi connectivity index (χ1) is 14.1. The largest absolute Gasteiger partial charge is 0.485 e. The first-order valence-corrected chi connectivity index (χ1v) is 9.55. The quantitative estimate of drug-likeness (QED) is 0.673. The van der Waals surface area contributed by atoms with Crippen LogP contribution in [0.3, 0.4) is 0 Å². The van der Waals surface area contributed by atoms with Gasteiger partial charge >= 0.3 is 5.97 Å². The van der Waals surface area contributed by atoms with E-state index < -0.39 is 11.5 Å². The summed E-state index contributed by atoms with van der Waals surface area (Å²) >= 11 is 0. The molecule has 0 saturated carbocycles. The Morgan fingerprint density at radius 3 is 2.24 bits per heavy atom. The number of amides is 1. The van der Waals surface area contributed by atoms with E-state index in [9.17, 15) is 14.7 Å². The van der Waals surface area contributed by atoms with Crippen LogP contribution in [0.4, 0.5) is 0 Å². The van der Waals surface area contributed by atoms with Crippen LogP contribution in [-0.4, -0.2) is 42.3 Å². The predicted octanol–water partition coefficient (Wildman–Crippen LogP) is 2.78. The fraction of sp³-hybridized carbons (Fsp3) is 0.364. The lowest BCUT2D eigenvalue weighted by atomic mass is 9.86. The number of carboxylic acids is 1. The van der Waals surface area contributed by atoms with Gasteiger partial charge in [-0.15, -0.1) is 0 Å². The van der Waals surface area contributed by atoms with Crippen molar-refractivity contribution < 1.29 is 28.9 Å². The molecule has 7 heteroatoms. The number of hydrogen-bond acceptors (Lipinski definition) is 5. The fourth-order valence-corrected chi connectivity index (χ4v) is 3.30. The minimum Gasteiger partial charge on any atom is -0.485 e. The van der Waals surface area contributed by atoms with Crippen LogP contribution in [-0.2, 0) is 20.9 Å². The third-order valence-electron chi connectivity index (χ3n) is 4.79. The maximum atomic E-state index is 12.5. The minimum atomic E-state index is -0.951. The van der Waals surface area contributed by atoms with Gasteiger partial charge in [-0.2, -0.15) is 0 Å². The Bertz CT molecular complexity index is 817. The second-order valence-electron chi connectivity index (χ2n) is 7.02. The summed E-state index contributed by atoms with van der Waals surface area (Å²) in [5.74, 6) is -0.327. The van der Waals surface area contributed by atoms with Crippen molar-refractivity contribution in [2.45, 2.75) is 31.4 Å². The highest BCUT2D eigenvalue weighted by Crippen LogP contribution is 2.28. The summed E-state index contributed by atoms with van der Waals surface area (Å²) in [6.45, 7) is 0.998. The topological polar surface area (TPSA) is 94.1 Å². The van der Waals surface area contributed by atoms with Gasteiger partial charge in [0.25, 0.3) is 5.91 Å². The van der Waals surface area contributed by atoms with Crippen LogP contribution in [0, 0.1) is 0 Å². The number of ether oxygens (including phenoxy) is 3. The highest BCUT2D eigenvalue weighted by Gasteiger charge is 2.36. The van der Waals surface area contributed by atoms with Gasteiger partial charge in [0.1, 0.15) is 6.61 Å². The van der Waals surface area contributed by atoms with E-state index in [-0.39, 0.29) is 18.9 Å². The Morgan fingerprint density at radius 1 is 0.966 bits per heavy atom. The number of carbonyl (C=O) groups excluding carboxylic acids is 1. The van der Waals surface area contributed by atoms with Crippen molar-refractivity contribution in [1.82, 2.24) is 5.32 Å². The van der Waals surface area contributed by atoms with Crippen molar-refractivity contribution in [3.63, 3.8) is 0 Å². The molecule has 1 heterocycles. The number of carboxylic acid groups (broad SMARTS) is 1. The molecule has 3 rings (SSSR count). The van der Waals surface area contributed by atoms with Gasteiger partial charge in [-0.05, 0) is 30.5 Å². The number of rotatable bonds is 9. The number of para-hydroxylation sites is 2. The van der Waals surface area contributed by atoms with Gasteiger partial charge in [0.15, 0.2) is 18.1 Å². The molecule has 0 unspecified atom stereocenters. The number of nitrogens with one attached hydrogen (secondary N) is 1. The standard InChI is InChI=1S/C22H25NO6/c24-20(23-22(14-21(25)26)10-12-27-13-11-22)16-29-19-9-5-4-8-18(19)28-15-17-6-2-1-3-7-17/h1-9H,10-16H2,(H,23,24)(H,25,26). The van der Waals surface area contributed by atoms with Crippen molar-refractivity contribution in [2.24, 2.45) is 0 Å². The second kappa shape index (κ2) is 9.93. The molecule has 0 aliphatic carbocycles. The smallest absolute Gasteiger partial charge is 0.305 e. The summed E-state index contributed by atoms with van der Waals surface area (Å²) in [5, 5.41) is 12.0. The van der Waals surface area contributed by atoms with Crippen molar-refractivity contribution in [3.8, 4) is 11.5 Å². The first-order valence-electron chi connectivity index (χ1n) is 9.55. The molecule has 2 aromatic carbocycles. The molecule has 0 radical (unpaired) electrons. The Balaban J connectivity index is 1.57. The maximum Gasteiger partial charge on any atom is 0.305 e. The SMILES string of the molecule is O=C(O)CC1(NC(=O)COc2ccccc2OCc2ccccc2)CCOCC1. The van der Waals surface area contributed by atoms with E-state index >= 15 is 0 Å². The van der Waals surface area contributed by atoms with E-state index in [0.717, 1.165) is 5.56 Å². The van der Waals surface area contributed by atoms with E-state index in [1.54, 1.807) is 18.2 Å². The summed E-state index contributed by atoms with van der Waals surface area (Å²) < 4.78 is 16.8. The Kier molecular flexibility index (Phi) is 7.08. The van der Waals surface area contributed by atoms with Crippen LogP contribution < -0.4 is 14.8 Å². The Hall–Kier alpha value is -3.06. The molecule has 0 aromatic heterocycles. The molecule has 7 nitrogen and oxygen atoms in total. The predicted molar refractivity (Wildman–Crippen MR) is 106 cm³/mol. The lowest BCUT2D eigenvalue weighted by molar-refractivity contribution is -0.140. The molecule has 29 heavy (non-hydrogen) atoms. The van der Waals surface area contributed by atoms with Crippen LogP contribution in [0.25, 0.3) is 0 Å². The molecule has 0 atom stereocenters. The van der Waals surface area contributed by atoms with Gasteiger partial charge in [-0.1, -0.05) is 42.5 Å². The summed E-state index contributed by atoms with van der Waals surface area (Å²) in [5.41, 5.74) is 0.226. The average molecular weight is 399 g/mol. The number of benzene rings is 2. The van der Waals surface area contributed by atoms with Gasteiger partial charge in [-0.3, -0.25) is 9.59 Å². The molecule has 0 bridgehead atoms. The van der Waals surface area contributed by atoms with Gasteiger partial charge < -0.3 is 24.6 Å². The molecule has 2 N–H and O–H groups in total.